The van der Waals surface area contributed by atoms with Crippen LogP contribution in [0.1, 0.15) is 24.7 Å². The Morgan fingerprint density at radius 1 is 1.06 bits per heavy atom. The zero-order chi connectivity index (χ0) is 9.38. The van der Waals surface area contributed by atoms with E-state index in [-0.39, 0.29) is 49.6 Å². The van der Waals surface area contributed by atoms with Crippen LogP contribution in [0.3, 0.4) is 0 Å². The Bertz CT molecular complexity index is 421. The van der Waals surface area contributed by atoms with E-state index in [1.165, 1.54) is 12.8 Å². The van der Waals surface area contributed by atoms with Crippen molar-refractivity contribution in [3.63, 3.8) is 0 Å². The molecule has 18 heavy (non-hydrogen) atoms. The molecular formula is C11H17Cl4N3. The molecule has 2 aromatic rings. The molecule has 104 valence electrons. The number of benzene rings is 1. The summed E-state index contributed by atoms with van der Waals surface area (Å²) in [6.07, 6.45) is 2.45. The molecule has 1 aromatic carbocycles. The van der Waals surface area contributed by atoms with Gasteiger partial charge in [-0.15, -0.1) is 49.6 Å². The third kappa shape index (κ3) is 3.90. The van der Waals surface area contributed by atoms with E-state index in [1.807, 2.05) is 18.2 Å². The van der Waals surface area contributed by atoms with Gasteiger partial charge < -0.3 is 10.3 Å². The molecule has 3 rings (SSSR count). The Morgan fingerprint density at radius 3 is 2.39 bits per heavy atom. The molecule has 0 bridgehead atoms. The van der Waals surface area contributed by atoms with Crippen molar-refractivity contribution < 1.29 is 0 Å². The summed E-state index contributed by atoms with van der Waals surface area (Å²) in [6, 6.07) is 8.61. The highest BCUT2D eigenvalue weighted by Crippen LogP contribution is 2.22. The number of hydrogen-bond donors (Lipinski definition) is 2. The first kappa shape index (κ1) is 20.1. The number of hydrogen-bond acceptors (Lipinski definition) is 2. The fourth-order valence-electron chi connectivity index (χ4n) is 2.06. The molecule has 2 N–H and O–H groups in total. The Hall–Kier alpha value is -0.190. The van der Waals surface area contributed by atoms with Crippen molar-refractivity contribution in [2.45, 2.75) is 18.9 Å². The molecule has 3 nitrogen and oxygen atoms in total. The van der Waals surface area contributed by atoms with Gasteiger partial charge in [0, 0.05) is 0 Å². The summed E-state index contributed by atoms with van der Waals surface area (Å²) in [7, 11) is 0. The second-order valence-electron chi connectivity index (χ2n) is 3.79. The average Bonchev–Trinajstić information content (AvgIpc) is 2.86. The quantitative estimate of drug-likeness (QED) is 0.836. The van der Waals surface area contributed by atoms with Crippen LogP contribution in [-0.4, -0.2) is 16.5 Å². The van der Waals surface area contributed by atoms with Crippen LogP contribution in [0.25, 0.3) is 11.0 Å². The van der Waals surface area contributed by atoms with Crippen LogP contribution in [-0.2, 0) is 0 Å². The summed E-state index contributed by atoms with van der Waals surface area (Å²) in [5.41, 5.74) is 2.20. The summed E-state index contributed by atoms with van der Waals surface area (Å²) in [5, 5.41) is 3.44. The Kier molecular flexibility index (Phi) is 9.88. The van der Waals surface area contributed by atoms with Gasteiger partial charge in [-0.2, -0.15) is 0 Å². The topological polar surface area (TPSA) is 40.7 Å². The highest BCUT2D eigenvalue weighted by Gasteiger charge is 2.18. The van der Waals surface area contributed by atoms with E-state index in [0.717, 1.165) is 23.4 Å². The van der Waals surface area contributed by atoms with Crippen LogP contribution >= 0.6 is 49.6 Å². The predicted octanol–water partition coefficient (Wildman–Crippen LogP) is 3.67. The fourth-order valence-corrected chi connectivity index (χ4v) is 2.06. The van der Waals surface area contributed by atoms with Crippen molar-refractivity contribution in [2.24, 2.45) is 0 Å². The van der Waals surface area contributed by atoms with Crippen molar-refractivity contribution in [1.82, 2.24) is 15.3 Å². The Balaban J connectivity index is 0. The van der Waals surface area contributed by atoms with Crippen LogP contribution < -0.4 is 5.32 Å². The van der Waals surface area contributed by atoms with Crippen LogP contribution in [0.15, 0.2) is 24.3 Å². The lowest BCUT2D eigenvalue weighted by atomic mass is 10.2. The standard InChI is InChI=1S/C11H13N3.4ClH/c1-2-5-9-8(4-1)13-11(14-9)10-6-3-7-12-10;;;;/h1-2,4-5,10,12H,3,6-7H2,(H,13,14);4*1H/t10-;;;;/m0..../s1. The van der Waals surface area contributed by atoms with Gasteiger partial charge in [0.05, 0.1) is 17.1 Å². The van der Waals surface area contributed by atoms with Gasteiger partial charge in [-0.1, -0.05) is 12.1 Å². The summed E-state index contributed by atoms with van der Waals surface area (Å²) in [4.78, 5) is 7.94. The van der Waals surface area contributed by atoms with E-state index in [2.05, 4.69) is 21.4 Å². The molecule has 7 heteroatoms. The fraction of sp³-hybridized carbons (Fsp3) is 0.364. The predicted molar refractivity (Wildman–Crippen MR) is 85.1 cm³/mol. The van der Waals surface area contributed by atoms with Crippen LogP contribution in [0.2, 0.25) is 0 Å². The number of H-pyrrole nitrogens is 1. The molecule has 0 unspecified atom stereocenters. The minimum atomic E-state index is 0. The van der Waals surface area contributed by atoms with Crippen molar-refractivity contribution in [2.75, 3.05) is 6.54 Å². The van der Waals surface area contributed by atoms with Gasteiger partial charge in [0.2, 0.25) is 0 Å². The molecule has 0 spiro atoms. The molecule has 0 aliphatic carbocycles. The van der Waals surface area contributed by atoms with Gasteiger partial charge in [-0.25, -0.2) is 4.98 Å². The molecule has 1 atom stereocenters. The third-order valence-corrected chi connectivity index (χ3v) is 2.80. The first-order valence-corrected chi connectivity index (χ1v) is 5.11. The average molecular weight is 333 g/mol. The zero-order valence-corrected chi connectivity index (χ0v) is 12.9. The van der Waals surface area contributed by atoms with E-state index in [0.29, 0.717) is 6.04 Å². The molecule has 2 heterocycles. The maximum absolute atomic E-state index is 4.58. The summed E-state index contributed by atoms with van der Waals surface area (Å²) < 4.78 is 0. The summed E-state index contributed by atoms with van der Waals surface area (Å²) in [6.45, 7) is 1.11. The van der Waals surface area contributed by atoms with E-state index in [9.17, 15) is 0 Å². The van der Waals surface area contributed by atoms with Crippen molar-refractivity contribution in [3.8, 4) is 0 Å². The number of aromatic nitrogens is 2. The third-order valence-electron chi connectivity index (χ3n) is 2.80. The minimum Gasteiger partial charge on any atom is -0.341 e. The lowest BCUT2D eigenvalue weighted by Gasteiger charge is -2.04. The first-order chi connectivity index (χ1) is 6.93. The second kappa shape index (κ2) is 8.83. The summed E-state index contributed by atoms with van der Waals surface area (Å²) >= 11 is 0. The van der Waals surface area contributed by atoms with Crippen LogP contribution in [0.5, 0.6) is 0 Å². The molecule has 0 radical (unpaired) electrons. The number of fused-ring (bicyclic) bond motifs is 1. The molecule has 1 saturated heterocycles. The largest absolute Gasteiger partial charge is 0.341 e. The molecular weight excluding hydrogens is 316 g/mol. The van der Waals surface area contributed by atoms with Gasteiger partial charge in [0.15, 0.2) is 0 Å². The maximum Gasteiger partial charge on any atom is 0.124 e. The zero-order valence-electron chi connectivity index (χ0n) is 9.59. The van der Waals surface area contributed by atoms with E-state index in [1.54, 1.807) is 0 Å². The lowest BCUT2D eigenvalue weighted by Crippen LogP contribution is -2.13. The summed E-state index contributed by atoms with van der Waals surface area (Å²) in [5.74, 6) is 1.09. The minimum absolute atomic E-state index is 0. The molecule has 0 amide bonds. The normalized spacial score (nSPS) is 17.0. The molecule has 0 saturated carbocycles. The van der Waals surface area contributed by atoms with Gasteiger partial charge in [0.1, 0.15) is 5.82 Å². The van der Waals surface area contributed by atoms with E-state index < -0.39 is 0 Å². The number of para-hydroxylation sites is 2. The van der Waals surface area contributed by atoms with Gasteiger partial charge in [-0.05, 0) is 31.5 Å². The number of aromatic amines is 1. The van der Waals surface area contributed by atoms with Crippen molar-refractivity contribution in [1.29, 1.82) is 0 Å². The second-order valence-corrected chi connectivity index (χ2v) is 3.79. The highest BCUT2D eigenvalue weighted by molar-refractivity contribution is 5.86. The van der Waals surface area contributed by atoms with Crippen LogP contribution in [0.4, 0.5) is 0 Å². The van der Waals surface area contributed by atoms with Crippen LogP contribution in [0, 0.1) is 0 Å². The van der Waals surface area contributed by atoms with E-state index >= 15 is 0 Å². The smallest absolute Gasteiger partial charge is 0.124 e. The highest BCUT2D eigenvalue weighted by atomic mass is 35.5. The Morgan fingerprint density at radius 2 is 1.78 bits per heavy atom. The first-order valence-electron chi connectivity index (χ1n) is 5.11. The Labute approximate surface area is 131 Å². The maximum atomic E-state index is 4.58. The monoisotopic (exact) mass is 331 g/mol. The van der Waals surface area contributed by atoms with Gasteiger partial charge in [0.25, 0.3) is 0 Å². The van der Waals surface area contributed by atoms with Crippen molar-refractivity contribution in [3.05, 3.63) is 30.1 Å². The van der Waals surface area contributed by atoms with E-state index in [4.69, 9.17) is 0 Å². The number of halogens is 4. The number of imidazole rings is 1. The van der Waals surface area contributed by atoms with Gasteiger partial charge in [-0.3, -0.25) is 0 Å². The number of nitrogens with zero attached hydrogens (tertiary/aromatic N) is 1. The van der Waals surface area contributed by atoms with Gasteiger partial charge >= 0.3 is 0 Å². The molecule has 1 aromatic heterocycles. The lowest BCUT2D eigenvalue weighted by molar-refractivity contribution is 0.614. The molecule has 1 fully saturated rings. The molecule has 1 aliphatic rings. The van der Waals surface area contributed by atoms with Crippen molar-refractivity contribution >= 4 is 60.7 Å². The number of nitrogens with one attached hydrogen (secondary N) is 2. The number of rotatable bonds is 1. The molecule has 1 aliphatic heterocycles. The SMILES string of the molecule is Cl.Cl.Cl.Cl.c1ccc2[nH]c([C@@H]3CCCN3)nc2c1.